The van der Waals surface area contributed by atoms with Crippen molar-refractivity contribution in [2.45, 2.75) is 45.1 Å². The number of amides is 1. The monoisotopic (exact) mass is 350 g/mol. The van der Waals surface area contributed by atoms with Crippen LogP contribution in [0.15, 0.2) is 24.3 Å². The number of nitrogens with one attached hydrogen (secondary N) is 1. The van der Waals surface area contributed by atoms with Crippen LogP contribution in [0.25, 0.3) is 0 Å². The van der Waals surface area contributed by atoms with E-state index < -0.39 is 10.0 Å². The summed E-state index contributed by atoms with van der Waals surface area (Å²) in [6.45, 7) is 2.50. The van der Waals surface area contributed by atoms with Crippen molar-refractivity contribution < 1.29 is 13.2 Å². The van der Waals surface area contributed by atoms with Crippen molar-refractivity contribution in [3.63, 3.8) is 0 Å². The van der Waals surface area contributed by atoms with Gasteiger partial charge in [-0.3, -0.25) is 4.79 Å². The molecule has 132 valence electrons. The molecule has 6 heteroatoms. The molecular weight excluding hydrogens is 324 g/mol. The van der Waals surface area contributed by atoms with Gasteiger partial charge in [-0.1, -0.05) is 24.3 Å². The van der Waals surface area contributed by atoms with Crippen molar-refractivity contribution in [1.29, 1.82) is 0 Å². The highest BCUT2D eigenvalue weighted by Gasteiger charge is 2.32. The smallest absolute Gasteiger partial charge is 0.224 e. The van der Waals surface area contributed by atoms with Gasteiger partial charge in [-0.25, -0.2) is 12.7 Å². The lowest BCUT2D eigenvalue weighted by molar-refractivity contribution is -0.127. The van der Waals surface area contributed by atoms with Gasteiger partial charge in [0.25, 0.3) is 0 Å². The fourth-order valence-electron chi connectivity index (χ4n) is 3.79. The maximum atomic E-state index is 12.7. The molecule has 2 aliphatic rings. The van der Waals surface area contributed by atoms with E-state index >= 15 is 0 Å². The molecule has 2 atom stereocenters. The van der Waals surface area contributed by atoms with Crippen LogP contribution in [0.3, 0.4) is 0 Å². The molecule has 0 bridgehead atoms. The highest BCUT2D eigenvalue weighted by atomic mass is 32.2. The third-order valence-electron chi connectivity index (χ3n) is 5.20. The number of hydrogen-bond donors (Lipinski definition) is 1. The average molecular weight is 350 g/mol. The van der Waals surface area contributed by atoms with E-state index in [0.29, 0.717) is 13.1 Å². The topological polar surface area (TPSA) is 66.5 Å². The minimum Gasteiger partial charge on any atom is -0.349 e. The van der Waals surface area contributed by atoms with E-state index in [4.69, 9.17) is 0 Å². The zero-order chi connectivity index (χ0) is 17.2. The van der Waals surface area contributed by atoms with Crippen molar-refractivity contribution in [2.24, 2.45) is 5.92 Å². The number of nitrogens with zero attached hydrogens (tertiary/aromatic N) is 1. The lowest BCUT2D eigenvalue weighted by Gasteiger charge is -2.33. The molecule has 1 aliphatic carbocycles. The van der Waals surface area contributed by atoms with Crippen LogP contribution in [0.4, 0.5) is 0 Å². The van der Waals surface area contributed by atoms with Crippen LogP contribution >= 0.6 is 0 Å². The highest BCUT2D eigenvalue weighted by Crippen LogP contribution is 2.30. The summed E-state index contributed by atoms with van der Waals surface area (Å²) < 4.78 is 25.6. The molecule has 0 spiro atoms. The van der Waals surface area contributed by atoms with Crippen molar-refractivity contribution >= 4 is 15.9 Å². The van der Waals surface area contributed by atoms with E-state index in [1.165, 1.54) is 15.4 Å². The van der Waals surface area contributed by atoms with Gasteiger partial charge in [-0.2, -0.15) is 0 Å². The van der Waals surface area contributed by atoms with E-state index in [9.17, 15) is 13.2 Å². The number of hydrogen-bond acceptors (Lipinski definition) is 3. The Hall–Kier alpha value is -1.40. The third-order valence-corrected chi connectivity index (χ3v) is 7.05. The Morgan fingerprint density at radius 3 is 2.83 bits per heavy atom. The summed E-state index contributed by atoms with van der Waals surface area (Å²) in [6.07, 6.45) is 4.60. The molecule has 1 aromatic carbocycles. The van der Waals surface area contributed by atoms with E-state index in [1.807, 2.05) is 12.1 Å². The molecular formula is C18H26N2O3S. The molecule has 1 aliphatic heterocycles. The fourth-order valence-corrected chi connectivity index (χ4v) is 4.96. The minimum atomic E-state index is -3.22. The molecule has 24 heavy (non-hydrogen) atoms. The average Bonchev–Trinajstić information content (AvgIpc) is 2.62. The predicted molar refractivity (Wildman–Crippen MR) is 94.0 cm³/mol. The van der Waals surface area contributed by atoms with E-state index in [2.05, 4.69) is 17.4 Å². The molecule has 0 unspecified atom stereocenters. The van der Waals surface area contributed by atoms with Crippen LogP contribution in [-0.4, -0.2) is 37.5 Å². The number of fused-ring (bicyclic) bond motifs is 1. The summed E-state index contributed by atoms with van der Waals surface area (Å²) in [5, 5.41) is 3.17. The first kappa shape index (κ1) is 17.4. The molecule has 0 saturated carbocycles. The molecule has 1 aromatic rings. The van der Waals surface area contributed by atoms with Crippen molar-refractivity contribution in [1.82, 2.24) is 9.62 Å². The second-order valence-corrected chi connectivity index (χ2v) is 9.01. The molecule has 1 heterocycles. The zero-order valence-corrected chi connectivity index (χ0v) is 15.0. The molecule has 1 fully saturated rings. The predicted octanol–water partition coefficient (Wildman–Crippen LogP) is 2.24. The zero-order valence-electron chi connectivity index (χ0n) is 14.2. The second kappa shape index (κ2) is 7.23. The second-order valence-electron chi connectivity index (χ2n) is 6.75. The number of rotatable bonds is 4. The van der Waals surface area contributed by atoms with Crippen LogP contribution in [0.1, 0.15) is 49.8 Å². The molecule has 1 amide bonds. The fraction of sp³-hybridized carbons (Fsp3) is 0.611. The van der Waals surface area contributed by atoms with E-state index in [-0.39, 0.29) is 23.6 Å². The minimum absolute atomic E-state index is 0.00675. The van der Waals surface area contributed by atoms with Gasteiger partial charge < -0.3 is 5.32 Å². The lowest BCUT2D eigenvalue weighted by atomic mass is 9.87. The molecule has 1 N–H and O–H groups in total. The first-order chi connectivity index (χ1) is 11.5. The lowest BCUT2D eigenvalue weighted by Crippen LogP contribution is -2.46. The number of carbonyl (C=O) groups is 1. The third kappa shape index (κ3) is 3.64. The van der Waals surface area contributed by atoms with Gasteiger partial charge in [0.05, 0.1) is 17.7 Å². The summed E-state index contributed by atoms with van der Waals surface area (Å²) >= 11 is 0. The maximum absolute atomic E-state index is 12.7. The Bertz CT molecular complexity index is 702. The number of carbonyl (C=O) groups excluding carboxylic acids is 1. The number of benzene rings is 1. The number of sulfonamides is 1. The Balaban J connectivity index is 1.67. The Kier molecular flexibility index (Phi) is 5.25. The largest absolute Gasteiger partial charge is 0.349 e. The highest BCUT2D eigenvalue weighted by molar-refractivity contribution is 7.89. The number of piperidine rings is 1. The Morgan fingerprint density at radius 1 is 1.25 bits per heavy atom. The van der Waals surface area contributed by atoms with Crippen LogP contribution in [0.5, 0.6) is 0 Å². The van der Waals surface area contributed by atoms with Crippen molar-refractivity contribution in [3.05, 3.63) is 35.4 Å². The quantitative estimate of drug-likeness (QED) is 0.906. The summed E-state index contributed by atoms with van der Waals surface area (Å²) in [6, 6.07) is 8.33. The summed E-state index contributed by atoms with van der Waals surface area (Å²) in [7, 11) is -3.22. The standard InChI is InChI=1S/C18H26N2O3S/c1-2-24(22,23)20-12-6-9-15(13-20)18(21)19-17-11-5-8-14-7-3-4-10-16(14)17/h3-4,7,10,15,17H,2,5-6,8-9,11-13H2,1H3,(H,19,21)/t15-,17+/m0/s1. The van der Waals surface area contributed by atoms with Crippen molar-refractivity contribution in [3.8, 4) is 0 Å². The SMILES string of the molecule is CCS(=O)(=O)N1CCC[C@H](C(=O)N[C@@H]2CCCc3ccccc32)C1. The van der Waals surface area contributed by atoms with Gasteiger partial charge >= 0.3 is 0 Å². The maximum Gasteiger partial charge on any atom is 0.224 e. The Labute approximate surface area is 144 Å². The van der Waals surface area contributed by atoms with Gasteiger partial charge in [0.15, 0.2) is 0 Å². The van der Waals surface area contributed by atoms with Gasteiger partial charge in [-0.05, 0) is 50.2 Å². The molecule has 1 saturated heterocycles. The molecule has 3 rings (SSSR count). The number of aryl methyl sites for hydroxylation is 1. The van der Waals surface area contributed by atoms with Crippen LogP contribution in [-0.2, 0) is 21.2 Å². The molecule has 0 aromatic heterocycles. The summed E-state index contributed by atoms with van der Waals surface area (Å²) in [4.78, 5) is 12.7. The molecule has 0 radical (unpaired) electrons. The van der Waals surface area contributed by atoms with Crippen LogP contribution in [0.2, 0.25) is 0 Å². The van der Waals surface area contributed by atoms with E-state index in [1.54, 1.807) is 6.92 Å². The van der Waals surface area contributed by atoms with Crippen LogP contribution < -0.4 is 5.32 Å². The van der Waals surface area contributed by atoms with Crippen molar-refractivity contribution in [2.75, 3.05) is 18.8 Å². The van der Waals surface area contributed by atoms with Gasteiger partial charge in [0.1, 0.15) is 0 Å². The molecule has 5 nitrogen and oxygen atoms in total. The summed E-state index contributed by atoms with van der Waals surface area (Å²) in [5.41, 5.74) is 2.53. The van der Waals surface area contributed by atoms with E-state index in [0.717, 1.165) is 32.1 Å². The summed E-state index contributed by atoms with van der Waals surface area (Å²) in [5.74, 6) is -0.154. The van der Waals surface area contributed by atoms with Gasteiger partial charge in [-0.15, -0.1) is 0 Å². The normalized spacial score (nSPS) is 25.0. The van der Waals surface area contributed by atoms with Crippen LogP contribution in [0, 0.1) is 5.92 Å². The van der Waals surface area contributed by atoms with Gasteiger partial charge in [0.2, 0.25) is 15.9 Å². The van der Waals surface area contributed by atoms with Gasteiger partial charge in [0, 0.05) is 13.1 Å². The Morgan fingerprint density at radius 2 is 2.04 bits per heavy atom. The first-order valence-electron chi connectivity index (χ1n) is 8.87. The first-order valence-corrected chi connectivity index (χ1v) is 10.5.